The van der Waals surface area contributed by atoms with Crippen LogP contribution >= 0.6 is 0 Å². The van der Waals surface area contributed by atoms with Crippen LogP contribution in [0.3, 0.4) is 0 Å². The minimum absolute atomic E-state index is 0.0190. The van der Waals surface area contributed by atoms with Crippen molar-refractivity contribution in [3.05, 3.63) is 11.6 Å². The Hall–Kier alpha value is -1.36. The van der Waals surface area contributed by atoms with Crippen molar-refractivity contribution < 1.29 is 24.2 Å². The molecule has 38 heavy (non-hydrogen) atoms. The zero-order chi connectivity index (χ0) is 28.1. The van der Waals surface area contributed by atoms with Gasteiger partial charge in [-0.3, -0.25) is 9.59 Å². The molecule has 1 N–H and O–H groups in total. The Bertz CT molecular complexity index is 1040. The molecular formula is C33H52O5. The van der Waals surface area contributed by atoms with E-state index in [-0.39, 0.29) is 57.0 Å². The number of hydrogen-bond donors (Lipinski definition) is 1. The number of esters is 2. The standard InChI is InChI=1S/C33H52O5/c1-20(34)38-25-12-13-30(6)24-11-10-21-22-18-28(2,3)14-16-33(22,27(36)37-9)17-15-31(21,7)32(24,8)19-23(35)26(30)29(25,4)5/h10,22-26,35H,11-19H2,1-9H3/t22-,23+,24-,25-,26-,30+,31+,32+,33-/m0/s1. The van der Waals surface area contributed by atoms with Gasteiger partial charge in [0.2, 0.25) is 0 Å². The molecule has 0 heterocycles. The van der Waals surface area contributed by atoms with Crippen LogP contribution in [-0.2, 0) is 19.1 Å². The van der Waals surface area contributed by atoms with E-state index in [1.807, 2.05) is 0 Å². The van der Waals surface area contributed by atoms with Crippen molar-refractivity contribution in [3.8, 4) is 0 Å². The van der Waals surface area contributed by atoms with Gasteiger partial charge >= 0.3 is 11.9 Å². The third-order valence-corrected chi connectivity index (χ3v) is 13.4. The summed E-state index contributed by atoms with van der Waals surface area (Å²) in [6, 6.07) is 0. The number of aliphatic hydroxyl groups excluding tert-OH is 1. The van der Waals surface area contributed by atoms with Gasteiger partial charge in [0.25, 0.3) is 0 Å². The molecule has 0 radical (unpaired) electrons. The number of hydrogen-bond acceptors (Lipinski definition) is 5. The van der Waals surface area contributed by atoms with Gasteiger partial charge in [-0.1, -0.05) is 60.1 Å². The zero-order valence-electron chi connectivity index (χ0n) is 25.4. The molecule has 5 aliphatic carbocycles. The number of allylic oxidation sites excluding steroid dienone is 2. The molecule has 0 bridgehead atoms. The van der Waals surface area contributed by atoms with Crippen LogP contribution in [0, 0.1) is 50.2 Å². The largest absolute Gasteiger partial charge is 0.469 e. The van der Waals surface area contributed by atoms with Gasteiger partial charge in [-0.2, -0.15) is 0 Å². The van der Waals surface area contributed by atoms with Crippen LogP contribution in [0.25, 0.3) is 0 Å². The van der Waals surface area contributed by atoms with Gasteiger partial charge in [0.05, 0.1) is 18.6 Å². The van der Waals surface area contributed by atoms with Crippen molar-refractivity contribution >= 4 is 11.9 Å². The van der Waals surface area contributed by atoms with Gasteiger partial charge in [-0.05, 0) is 97.2 Å². The van der Waals surface area contributed by atoms with Gasteiger partial charge in [0, 0.05) is 12.3 Å². The maximum atomic E-state index is 13.4. The monoisotopic (exact) mass is 528 g/mol. The van der Waals surface area contributed by atoms with E-state index in [2.05, 4.69) is 54.5 Å². The molecular weight excluding hydrogens is 476 g/mol. The van der Waals surface area contributed by atoms with Crippen molar-refractivity contribution in [2.24, 2.45) is 50.2 Å². The number of fused-ring (bicyclic) bond motifs is 7. The highest BCUT2D eigenvalue weighted by atomic mass is 16.5. The van der Waals surface area contributed by atoms with Crippen LogP contribution in [0.15, 0.2) is 11.6 Å². The molecule has 9 atom stereocenters. The summed E-state index contributed by atoms with van der Waals surface area (Å²) < 4.78 is 11.3. The lowest BCUT2D eigenvalue weighted by Crippen LogP contribution is -2.68. The van der Waals surface area contributed by atoms with Gasteiger partial charge < -0.3 is 14.6 Å². The van der Waals surface area contributed by atoms with E-state index in [1.54, 1.807) is 7.11 Å². The molecule has 5 heteroatoms. The van der Waals surface area contributed by atoms with Crippen molar-refractivity contribution in [2.75, 3.05) is 7.11 Å². The molecule has 0 aromatic rings. The molecule has 5 nitrogen and oxygen atoms in total. The second kappa shape index (κ2) is 8.57. The van der Waals surface area contributed by atoms with E-state index in [1.165, 1.54) is 12.5 Å². The summed E-state index contributed by atoms with van der Waals surface area (Å²) in [6.45, 7) is 17.9. The van der Waals surface area contributed by atoms with Crippen LogP contribution < -0.4 is 0 Å². The topological polar surface area (TPSA) is 72.8 Å². The van der Waals surface area contributed by atoms with Crippen LogP contribution in [0.4, 0.5) is 0 Å². The molecule has 0 aromatic carbocycles. The first-order valence-corrected chi connectivity index (χ1v) is 15.1. The predicted octanol–water partition coefficient (Wildman–Crippen LogP) is 6.86. The Balaban J connectivity index is 1.59. The van der Waals surface area contributed by atoms with Gasteiger partial charge in [0.1, 0.15) is 6.10 Å². The fourth-order valence-electron chi connectivity index (χ4n) is 11.4. The summed E-state index contributed by atoms with van der Waals surface area (Å²) in [4.78, 5) is 25.4. The Morgan fingerprint density at radius 3 is 2.24 bits per heavy atom. The maximum Gasteiger partial charge on any atom is 0.312 e. The number of carbonyl (C=O) groups is 2. The number of aliphatic hydroxyl groups is 1. The van der Waals surface area contributed by atoms with Crippen LogP contribution in [0.5, 0.6) is 0 Å². The Morgan fingerprint density at radius 1 is 0.947 bits per heavy atom. The molecule has 5 rings (SSSR count). The van der Waals surface area contributed by atoms with Crippen molar-refractivity contribution in [3.63, 3.8) is 0 Å². The smallest absolute Gasteiger partial charge is 0.312 e. The molecule has 0 aromatic heterocycles. The summed E-state index contributed by atoms with van der Waals surface area (Å²) in [7, 11) is 1.56. The Labute approximate surface area is 230 Å². The van der Waals surface area contributed by atoms with E-state index in [4.69, 9.17) is 9.47 Å². The summed E-state index contributed by atoms with van der Waals surface area (Å²) in [5, 5.41) is 12.0. The molecule has 4 fully saturated rings. The Kier molecular flexibility index (Phi) is 6.36. The average Bonchev–Trinajstić information content (AvgIpc) is 2.80. The molecule has 0 spiro atoms. The molecule has 0 aliphatic heterocycles. The van der Waals surface area contributed by atoms with Gasteiger partial charge in [0.15, 0.2) is 0 Å². The molecule has 4 saturated carbocycles. The first-order valence-electron chi connectivity index (χ1n) is 15.1. The van der Waals surface area contributed by atoms with Crippen molar-refractivity contribution in [1.29, 1.82) is 0 Å². The highest BCUT2D eigenvalue weighted by molar-refractivity contribution is 5.78. The first-order chi connectivity index (χ1) is 17.5. The minimum Gasteiger partial charge on any atom is -0.469 e. The summed E-state index contributed by atoms with van der Waals surface area (Å²) in [5.74, 6) is 0.447. The molecule has 5 aliphatic rings. The fraction of sp³-hybridized carbons (Fsp3) is 0.879. The lowest BCUT2D eigenvalue weighted by atomic mass is 9.33. The maximum absolute atomic E-state index is 13.4. The number of methoxy groups -OCH3 is 1. The zero-order valence-corrected chi connectivity index (χ0v) is 25.4. The van der Waals surface area contributed by atoms with E-state index >= 15 is 0 Å². The summed E-state index contributed by atoms with van der Waals surface area (Å²) in [6.07, 6.45) is 10.3. The highest BCUT2D eigenvalue weighted by Gasteiger charge is 2.71. The SMILES string of the molecule is COC(=O)[C@]12CCC(C)(C)C[C@H]1C1=CC[C@H]3[C@@]4(C)CC[C@H](OC(C)=O)C(C)(C)[C@@H]4[C@H](O)C[C@@]3(C)[C@]1(C)CC2. The number of carbonyl (C=O) groups excluding carboxylic acids is 2. The fourth-order valence-corrected chi connectivity index (χ4v) is 11.4. The van der Waals surface area contributed by atoms with E-state index in [0.29, 0.717) is 5.92 Å². The molecule has 0 amide bonds. The summed E-state index contributed by atoms with van der Waals surface area (Å²) >= 11 is 0. The average molecular weight is 529 g/mol. The second-order valence-corrected chi connectivity index (χ2v) is 16.0. The van der Waals surface area contributed by atoms with Crippen molar-refractivity contribution in [1.82, 2.24) is 0 Å². The quantitative estimate of drug-likeness (QED) is 0.313. The normalized spacial score (nSPS) is 48.8. The lowest BCUT2D eigenvalue weighted by molar-refractivity contribution is -0.246. The first kappa shape index (κ1) is 28.2. The second-order valence-electron chi connectivity index (χ2n) is 16.0. The van der Waals surface area contributed by atoms with Gasteiger partial charge in [-0.15, -0.1) is 0 Å². The van der Waals surface area contributed by atoms with E-state index in [9.17, 15) is 14.7 Å². The van der Waals surface area contributed by atoms with Crippen LogP contribution in [0.2, 0.25) is 0 Å². The molecule has 0 unspecified atom stereocenters. The summed E-state index contributed by atoms with van der Waals surface area (Å²) in [5.41, 5.74) is 0.754. The number of rotatable bonds is 2. The molecule has 0 saturated heterocycles. The number of ether oxygens (including phenoxy) is 2. The third kappa shape index (κ3) is 3.58. The highest BCUT2D eigenvalue weighted by Crippen LogP contribution is 2.75. The lowest BCUT2D eigenvalue weighted by Gasteiger charge is -2.72. The van der Waals surface area contributed by atoms with Crippen LogP contribution in [0.1, 0.15) is 113 Å². The predicted molar refractivity (Wildman–Crippen MR) is 148 cm³/mol. The third-order valence-electron chi connectivity index (χ3n) is 13.4. The Morgan fingerprint density at radius 2 is 1.61 bits per heavy atom. The van der Waals surface area contributed by atoms with Crippen molar-refractivity contribution in [2.45, 2.75) is 125 Å². The van der Waals surface area contributed by atoms with Crippen LogP contribution in [-0.4, -0.2) is 36.4 Å². The molecule has 214 valence electrons. The van der Waals surface area contributed by atoms with Gasteiger partial charge in [-0.25, -0.2) is 0 Å². The van der Waals surface area contributed by atoms with E-state index in [0.717, 1.165) is 57.8 Å². The minimum atomic E-state index is -0.458. The van der Waals surface area contributed by atoms with E-state index < -0.39 is 11.5 Å².